The summed E-state index contributed by atoms with van der Waals surface area (Å²) in [5.74, 6) is -0.0706. The summed E-state index contributed by atoms with van der Waals surface area (Å²) in [5.41, 5.74) is 14.4. The average Bonchev–Trinajstić information content (AvgIpc) is 2.29. The molecule has 0 spiro atoms. The van der Waals surface area contributed by atoms with E-state index in [4.69, 9.17) is 11.5 Å². The highest BCUT2D eigenvalue weighted by atomic mass is 16.1. The van der Waals surface area contributed by atoms with Gasteiger partial charge in [0.1, 0.15) is 0 Å². The van der Waals surface area contributed by atoms with Crippen LogP contribution in [0.15, 0.2) is 52.7 Å². The molecule has 1 aliphatic carbocycles. The second-order valence-corrected chi connectivity index (χ2v) is 3.88. The van der Waals surface area contributed by atoms with Crippen LogP contribution in [0.4, 0.5) is 11.4 Å². The monoisotopic (exact) mass is 227 g/mol. The number of nitrogen functional groups attached to an aromatic ring is 1. The van der Waals surface area contributed by atoms with E-state index in [0.29, 0.717) is 22.7 Å². The quantitative estimate of drug-likeness (QED) is 0.566. The predicted octanol–water partition coefficient (Wildman–Crippen LogP) is 1.71. The Balaban J connectivity index is 2.37. The largest absolute Gasteiger partial charge is 0.399 e. The Hall–Kier alpha value is -2.36. The summed E-state index contributed by atoms with van der Waals surface area (Å²) in [6.45, 7) is 1.74. The predicted molar refractivity (Wildman–Crippen MR) is 69.0 cm³/mol. The summed E-state index contributed by atoms with van der Waals surface area (Å²) in [6, 6.07) is 7.14. The zero-order chi connectivity index (χ0) is 12.4. The summed E-state index contributed by atoms with van der Waals surface area (Å²) in [5, 5.41) is 0. The number of rotatable bonds is 1. The van der Waals surface area contributed by atoms with Gasteiger partial charge in [-0.05, 0) is 42.8 Å². The van der Waals surface area contributed by atoms with Crippen LogP contribution in [0.1, 0.15) is 6.92 Å². The smallest absolute Gasteiger partial charge is 0.183 e. The molecule has 17 heavy (non-hydrogen) atoms. The fourth-order valence-electron chi connectivity index (χ4n) is 1.47. The molecule has 0 bridgehead atoms. The Morgan fingerprint density at radius 3 is 2.35 bits per heavy atom. The Morgan fingerprint density at radius 1 is 1.06 bits per heavy atom. The minimum absolute atomic E-state index is 0.0706. The van der Waals surface area contributed by atoms with Crippen LogP contribution in [-0.4, -0.2) is 11.5 Å². The van der Waals surface area contributed by atoms with E-state index in [-0.39, 0.29) is 5.78 Å². The van der Waals surface area contributed by atoms with Crippen molar-refractivity contribution in [3.63, 3.8) is 0 Å². The number of hydrogen-bond acceptors (Lipinski definition) is 4. The average molecular weight is 227 g/mol. The molecule has 1 aliphatic rings. The first-order chi connectivity index (χ1) is 8.06. The van der Waals surface area contributed by atoms with Crippen molar-refractivity contribution in [1.29, 1.82) is 0 Å². The SMILES string of the molecule is CC1=CC(=Nc2ccc(N)cc2)C(N)=CC1=O. The van der Waals surface area contributed by atoms with E-state index in [2.05, 4.69) is 4.99 Å². The lowest BCUT2D eigenvalue weighted by atomic mass is 10.0. The Morgan fingerprint density at radius 2 is 1.71 bits per heavy atom. The lowest BCUT2D eigenvalue weighted by Crippen LogP contribution is -2.17. The highest BCUT2D eigenvalue weighted by Crippen LogP contribution is 2.17. The third-order valence-corrected chi connectivity index (χ3v) is 2.47. The van der Waals surface area contributed by atoms with Crippen molar-refractivity contribution >= 4 is 22.9 Å². The molecule has 0 amide bonds. The van der Waals surface area contributed by atoms with Crippen LogP contribution < -0.4 is 11.5 Å². The van der Waals surface area contributed by atoms with Crippen molar-refractivity contribution in [3.05, 3.63) is 47.7 Å². The maximum Gasteiger partial charge on any atom is 0.183 e. The van der Waals surface area contributed by atoms with Gasteiger partial charge in [0.05, 0.1) is 17.1 Å². The van der Waals surface area contributed by atoms with Crippen molar-refractivity contribution in [2.75, 3.05) is 5.73 Å². The molecule has 0 heterocycles. The molecular formula is C13H13N3O. The zero-order valence-electron chi connectivity index (χ0n) is 9.47. The van der Waals surface area contributed by atoms with Crippen molar-refractivity contribution in [3.8, 4) is 0 Å². The van der Waals surface area contributed by atoms with E-state index < -0.39 is 0 Å². The van der Waals surface area contributed by atoms with Crippen LogP contribution in [0.3, 0.4) is 0 Å². The molecule has 0 aliphatic heterocycles. The van der Waals surface area contributed by atoms with Gasteiger partial charge < -0.3 is 11.5 Å². The van der Waals surface area contributed by atoms with Crippen LogP contribution in [0.5, 0.6) is 0 Å². The second kappa shape index (κ2) is 4.25. The molecule has 4 N–H and O–H groups in total. The normalized spacial score (nSPS) is 17.9. The first-order valence-electron chi connectivity index (χ1n) is 5.20. The molecule has 86 valence electrons. The third kappa shape index (κ3) is 2.42. The van der Waals surface area contributed by atoms with Gasteiger partial charge in [0, 0.05) is 11.8 Å². The zero-order valence-corrected chi connectivity index (χ0v) is 9.47. The maximum absolute atomic E-state index is 11.4. The number of carbonyl (C=O) groups is 1. The molecule has 1 aromatic carbocycles. The fraction of sp³-hybridized carbons (Fsp3) is 0.0769. The number of anilines is 1. The maximum atomic E-state index is 11.4. The molecule has 4 nitrogen and oxygen atoms in total. The van der Waals surface area contributed by atoms with Crippen LogP contribution in [-0.2, 0) is 4.79 Å². The first-order valence-corrected chi connectivity index (χ1v) is 5.20. The molecule has 0 aromatic heterocycles. The lowest BCUT2D eigenvalue weighted by molar-refractivity contribution is -0.111. The topological polar surface area (TPSA) is 81.5 Å². The molecule has 0 saturated heterocycles. The molecule has 4 heteroatoms. The lowest BCUT2D eigenvalue weighted by Gasteiger charge is -2.09. The molecular weight excluding hydrogens is 214 g/mol. The van der Waals surface area contributed by atoms with Gasteiger partial charge in [-0.2, -0.15) is 0 Å². The van der Waals surface area contributed by atoms with Crippen LogP contribution in [0.25, 0.3) is 0 Å². The fourth-order valence-corrected chi connectivity index (χ4v) is 1.47. The summed E-state index contributed by atoms with van der Waals surface area (Å²) >= 11 is 0. The Kier molecular flexibility index (Phi) is 2.78. The number of ketones is 1. The number of nitrogens with two attached hydrogens (primary N) is 2. The summed E-state index contributed by atoms with van der Waals surface area (Å²) in [7, 11) is 0. The van der Waals surface area contributed by atoms with Crippen molar-refractivity contribution in [1.82, 2.24) is 0 Å². The standard InChI is InChI=1S/C13H13N3O/c1-8-6-12(11(15)7-13(8)17)16-10-4-2-9(14)3-5-10/h2-7H,14-15H2,1H3. The van der Waals surface area contributed by atoms with Gasteiger partial charge in [-0.15, -0.1) is 0 Å². The molecule has 0 saturated carbocycles. The number of benzene rings is 1. The number of hydrogen-bond donors (Lipinski definition) is 2. The van der Waals surface area contributed by atoms with Crippen molar-refractivity contribution in [2.24, 2.45) is 10.7 Å². The molecule has 2 rings (SSSR count). The minimum atomic E-state index is -0.0706. The number of nitrogens with zero attached hydrogens (tertiary/aromatic N) is 1. The van der Waals surface area contributed by atoms with Crippen LogP contribution >= 0.6 is 0 Å². The van der Waals surface area contributed by atoms with Gasteiger partial charge in [-0.1, -0.05) is 0 Å². The van der Waals surface area contributed by atoms with Gasteiger partial charge in [0.2, 0.25) is 0 Å². The van der Waals surface area contributed by atoms with Crippen molar-refractivity contribution in [2.45, 2.75) is 6.92 Å². The second-order valence-electron chi connectivity index (χ2n) is 3.88. The highest BCUT2D eigenvalue weighted by Gasteiger charge is 2.13. The van der Waals surface area contributed by atoms with E-state index in [0.717, 1.165) is 5.69 Å². The van der Waals surface area contributed by atoms with E-state index >= 15 is 0 Å². The molecule has 0 fully saturated rings. The summed E-state index contributed by atoms with van der Waals surface area (Å²) < 4.78 is 0. The third-order valence-electron chi connectivity index (χ3n) is 2.47. The molecule has 0 atom stereocenters. The summed E-state index contributed by atoms with van der Waals surface area (Å²) in [4.78, 5) is 15.7. The van der Waals surface area contributed by atoms with Gasteiger partial charge in [-0.3, -0.25) is 4.79 Å². The highest BCUT2D eigenvalue weighted by molar-refractivity contribution is 6.21. The van der Waals surface area contributed by atoms with E-state index in [1.165, 1.54) is 6.08 Å². The molecule has 1 aromatic rings. The van der Waals surface area contributed by atoms with Crippen LogP contribution in [0.2, 0.25) is 0 Å². The van der Waals surface area contributed by atoms with E-state index in [1.807, 2.05) is 0 Å². The summed E-state index contributed by atoms with van der Waals surface area (Å²) in [6.07, 6.45) is 3.08. The van der Waals surface area contributed by atoms with E-state index in [9.17, 15) is 4.79 Å². The van der Waals surface area contributed by atoms with Gasteiger partial charge in [-0.25, -0.2) is 4.99 Å². The number of carbonyl (C=O) groups excluding carboxylic acids is 1. The Labute approximate surface area is 99.3 Å². The minimum Gasteiger partial charge on any atom is -0.399 e. The number of aliphatic imine (C=N–C) groups is 1. The van der Waals surface area contributed by atoms with Gasteiger partial charge in [0.25, 0.3) is 0 Å². The van der Waals surface area contributed by atoms with Gasteiger partial charge in [0.15, 0.2) is 5.78 Å². The Bertz CT molecular complexity index is 551. The molecule has 0 radical (unpaired) electrons. The van der Waals surface area contributed by atoms with E-state index in [1.54, 1.807) is 37.3 Å². The van der Waals surface area contributed by atoms with Crippen LogP contribution in [0, 0.1) is 0 Å². The number of allylic oxidation sites excluding steroid dienone is 3. The molecule has 0 unspecified atom stereocenters. The van der Waals surface area contributed by atoms with Gasteiger partial charge >= 0.3 is 0 Å². The van der Waals surface area contributed by atoms with Crippen molar-refractivity contribution < 1.29 is 4.79 Å². The first kappa shape index (κ1) is 11.1.